The van der Waals surface area contributed by atoms with Gasteiger partial charge in [0.05, 0.1) is 11.0 Å². The molecular formula is C18H29NO3S. The lowest BCUT2D eigenvalue weighted by Gasteiger charge is -2.13. The van der Waals surface area contributed by atoms with Gasteiger partial charge in [-0.2, -0.15) is 0 Å². The molecule has 1 aromatic carbocycles. The van der Waals surface area contributed by atoms with Crippen molar-refractivity contribution in [1.29, 1.82) is 0 Å². The first-order chi connectivity index (χ1) is 10.7. The Balaban J connectivity index is 2.31. The topological polar surface area (TPSA) is 54.5 Å². The fourth-order valence-corrected chi connectivity index (χ4v) is 3.38. The van der Waals surface area contributed by atoms with E-state index in [9.17, 15) is 13.2 Å². The molecule has 0 saturated carbocycles. The van der Waals surface area contributed by atoms with Gasteiger partial charge in [0.25, 0.3) is 0 Å². The monoisotopic (exact) mass is 339 g/mol. The maximum Gasteiger partial charge on any atom is 0.152 e. The van der Waals surface area contributed by atoms with Crippen LogP contribution in [0.1, 0.15) is 45.1 Å². The van der Waals surface area contributed by atoms with Gasteiger partial charge < -0.3 is 4.90 Å². The number of hydrogen-bond donors (Lipinski definition) is 0. The molecule has 0 spiro atoms. The molecule has 130 valence electrons. The Morgan fingerprint density at radius 3 is 2.43 bits per heavy atom. The van der Waals surface area contributed by atoms with Crippen LogP contribution in [0.25, 0.3) is 0 Å². The fourth-order valence-electron chi connectivity index (χ4n) is 2.30. The highest BCUT2D eigenvalue weighted by molar-refractivity contribution is 7.91. The molecule has 23 heavy (non-hydrogen) atoms. The summed E-state index contributed by atoms with van der Waals surface area (Å²) in [5, 5.41) is -0.312. The molecular weight excluding hydrogens is 310 g/mol. The molecule has 0 aliphatic carbocycles. The van der Waals surface area contributed by atoms with E-state index in [2.05, 4.69) is 0 Å². The Morgan fingerprint density at radius 1 is 1.13 bits per heavy atom. The summed E-state index contributed by atoms with van der Waals surface area (Å²) in [5.41, 5.74) is 2.12. The average molecular weight is 340 g/mol. The minimum Gasteiger partial charge on any atom is -0.378 e. The minimum atomic E-state index is -2.95. The zero-order valence-corrected chi connectivity index (χ0v) is 15.5. The predicted octanol–water partition coefficient (Wildman–Crippen LogP) is 3.25. The van der Waals surface area contributed by atoms with Gasteiger partial charge in [-0.05, 0) is 44.4 Å². The lowest BCUT2D eigenvalue weighted by molar-refractivity contribution is -0.118. The molecule has 0 aromatic heterocycles. The summed E-state index contributed by atoms with van der Waals surface area (Å²) in [6, 6.07) is 7.99. The van der Waals surface area contributed by atoms with E-state index in [1.165, 1.54) is 0 Å². The normalized spacial score (nSPS) is 11.7. The lowest BCUT2D eigenvalue weighted by Crippen LogP contribution is -2.17. The van der Waals surface area contributed by atoms with Crippen LogP contribution in [-0.4, -0.2) is 39.3 Å². The molecule has 0 radical (unpaired) electrons. The number of anilines is 1. The predicted molar refractivity (Wildman–Crippen MR) is 96.9 cm³/mol. The number of sulfone groups is 1. The Hall–Kier alpha value is -1.36. The van der Waals surface area contributed by atoms with Crippen LogP contribution >= 0.6 is 0 Å². The maximum atomic E-state index is 12.0. The largest absolute Gasteiger partial charge is 0.378 e. The van der Waals surface area contributed by atoms with Crippen LogP contribution in [-0.2, 0) is 21.1 Å². The molecule has 4 nitrogen and oxygen atoms in total. The molecule has 0 fully saturated rings. The van der Waals surface area contributed by atoms with Crippen LogP contribution in [0.3, 0.4) is 0 Å². The van der Waals surface area contributed by atoms with Crippen molar-refractivity contribution in [1.82, 2.24) is 0 Å². The molecule has 0 unspecified atom stereocenters. The van der Waals surface area contributed by atoms with Gasteiger partial charge in [-0.15, -0.1) is 0 Å². The second-order valence-corrected chi connectivity index (χ2v) is 9.18. The van der Waals surface area contributed by atoms with E-state index in [-0.39, 0.29) is 16.8 Å². The summed E-state index contributed by atoms with van der Waals surface area (Å²) >= 11 is 0. The number of ketones is 1. The Bertz CT molecular complexity index is 606. The number of benzene rings is 1. The van der Waals surface area contributed by atoms with Crippen molar-refractivity contribution in [2.24, 2.45) is 0 Å². The second-order valence-electron chi connectivity index (χ2n) is 6.51. The Kier molecular flexibility index (Phi) is 7.76. The molecule has 0 aliphatic rings. The van der Waals surface area contributed by atoms with Crippen molar-refractivity contribution in [3.8, 4) is 0 Å². The highest BCUT2D eigenvalue weighted by Crippen LogP contribution is 2.15. The summed E-state index contributed by atoms with van der Waals surface area (Å²) in [6.07, 6.45) is 3.17. The SMILES string of the molecule is CC(C)S(=O)(=O)CCCCCC(=O)Cc1cccc(N(C)C)c1. The van der Waals surface area contributed by atoms with Gasteiger partial charge in [-0.25, -0.2) is 8.42 Å². The number of carbonyl (C=O) groups is 1. The molecule has 0 atom stereocenters. The second kappa shape index (κ2) is 9.06. The van der Waals surface area contributed by atoms with E-state index in [1.54, 1.807) is 13.8 Å². The first kappa shape index (κ1) is 19.7. The van der Waals surface area contributed by atoms with Crippen LogP contribution in [0, 0.1) is 0 Å². The van der Waals surface area contributed by atoms with E-state index in [0.717, 1.165) is 24.1 Å². The number of rotatable bonds is 10. The number of Topliss-reactive ketones (excluding diaryl/α,β-unsaturated/α-hetero) is 1. The number of carbonyl (C=O) groups excluding carboxylic acids is 1. The van der Waals surface area contributed by atoms with Crippen molar-refractivity contribution in [3.05, 3.63) is 29.8 Å². The quantitative estimate of drug-likeness (QED) is 0.614. The molecule has 5 heteroatoms. The van der Waals surface area contributed by atoms with Gasteiger partial charge in [0.2, 0.25) is 0 Å². The molecule has 1 rings (SSSR count). The van der Waals surface area contributed by atoms with Crippen molar-refractivity contribution >= 4 is 21.3 Å². The molecule has 0 saturated heterocycles. The van der Waals surface area contributed by atoms with Gasteiger partial charge in [0, 0.05) is 32.6 Å². The van der Waals surface area contributed by atoms with E-state index in [0.29, 0.717) is 19.3 Å². The van der Waals surface area contributed by atoms with E-state index in [4.69, 9.17) is 0 Å². The lowest BCUT2D eigenvalue weighted by atomic mass is 10.0. The highest BCUT2D eigenvalue weighted by atomic mass is 32.2. The summed E-state index contributed by atoms with van der Waals surface area (Å²) in [5.74, 6) is 0.441. The molecule has 1 aromatic rings. The molecule has 0 amide bonds. The Labute approximate surface area is 140 Å². The first-order valence-corrected chi connectivity index (χ1v) is 9.93. The van der Waals surface area contributed by atoms with Crippen molar-refractivity contribution in [2.45, 2.75) is 51.2 Å². The number of hydrogen-bond acceptors (Lipinski definition) is 4. The summed E-state index contributed by atoms with van der Waals surface area (Å²) in [4.78, 5) is 14.0. The van der Waals surface area contributed by atoms with Gasteiger partial charge in [-0.1, -0.05) is 18.6 Å². The zero-order valence-electron chi connectivity index (χ0n) is 14.7. The summed E-state index contributed by atoms with van der Waals surface area (Å²) in [7, 11) is 1.01. The summed E-state index contributed by atoms with van der Waals surface area (Å²) < 4.78 is 23.4. The molecule has 0 aliphatic heterocycles. The third kappa shape index (κ3) is 7.16. The molecule has 0 heterocycles. The van der Waals surface area contributed by atoms with Gasteiger partial charge in [-0.3, -0.25) is 4.79 Å². The smallest absolute Gasteiger partial charge is 0.152 e. The van der Waals surface area contributed by atoms with Gasteiger partial charge >= 0.3 is 0 Å². The van der Waals surface area contributed by atoms with E-state index in [1.807, 2.05) is 43.3 Å². The van der Waals surface area contributed by atoms with Crippen molar-refractivity contribution in [2.75, 3.05) is 24.7 Å². The van der Waals surface area contributed by atoms with Crippen LogP contribution < -0.4 is 4.90 Å². The van der Waals surface area contributed by atoms with Crippen molar-refractivity contribution < 1.29 is 13.2 Å². The highest BCUT2D eigenvalue weighted by Gasteiger charge is 2.15. The maximum absolute atomic E-state index is 12.0. The fraction of sp³-hybridized carbons (Fsp3) is 0.611. The van der Waals surface area contributed by atoms with Crippen LogP contribution in [0.4, 0.5) is 5.69 Å². The van der Waals surface area contributed by atoms with E-state index < -0.39 is 9.84 Å². The van der Waals surface area contributed by atoms with Gasteiger partial charge in [0.1, 0.15) is 5.78 Å². The van der Waals surface area contributed by atoms with Crippen LogP contribution in [0.15, 0.2) is 24.3 Å². The van der Waals surface area contributed by atoms with Crippen LogP contribution in [0.2, 0.25) is 0 Å². The zero-order chi connectivity index (χ0) is 17.5. The van der Waals surface area contributed by atoms with E-state index >= 15 is 0 Å². The van der Waals surface area contributed by atoms with Crippen molar-refractivity contribution in [3.63, 3.8) is 0 Å². The first-order valence-electron chi connectivity index (χ1n) is 8.22. The number of nitrogens with zero attached hydrogens (tertiary/aromatic N) is 1. The Morgan fingerprint density at radius 2 is 1.83 bits per heavy atom. The molecule has 0 N–H and O–H groups in total. The third-order valence-electron chi connectivity index (χ3n) is 3.93. The van der Waals surface area contributed by atoms with Gasteiger partial charge in [0.15, 0.2) is 9.84 Å². The third-order valence-corrected chi connectivity index (χ3v) is 6.23. The minimum absolute atomic E-state index is 0.215. The summed E-state index contributed by atoms with van der Waals surface area (Å²) in [6.45, 7) is 3.42. The molecule has 0 bridgehead atoms. The number of unbranched alkanes of at least 4 members (excludes halogenated alkanes) is 2. The van der Waals surface area contributed by atoms with Crippen LogP contribution in [0.5, 0.6) is 0 Å². The average Bonchev–Trinajstić information content (AvgIpc) is 2.46. The standard InChI is InChI=1S/C18H29NO3S/c1-15(2)23(21,22)12-7-5-6-11-18(20)14-16-9-8-10-17(13-16)19(3)4/h8-10,13,15H,5-7,11-12,14H2,1-4H3.